The van der Waals surface area contributed by atoms with Crippen molar-refractivity contribution in [2.24, 2.45) is 0 Å². The number of carbonyl (C=O) groups is 1. The molecule has 0 radical (unpaired) electrons. The second-order valence-electron chi connectivity index (χ2n) is 4.04. The molecule has 1 amide bonds. The summed E-state index contributed by atoms with van der Waals surface area (Å²) in [6.45, 7) is 0.866. The molecule has 0 bridgehead atoms. The van der Waals surface area contributed by atoms with E-state index in [1.54, 1.807) is 6.08 Å². The zero-order valence-electron chi connectivity index (χ0n) is 8.80. The quantitative estimate of drug-likeness (QED) is 0.813. The van der Waals surface area contributed by atoms with Crippen LogP contribution in [0.5, 0.6) is 0 Å². The highest BCUT2D eigenvalue weighted by Crippen LogP contribution is 2.25. The van der Waals surface area contributed by atoms with Crippen LogP contribution in [0, 0.1) is 0 Å². The standard InChI is InChI=1S/C11H14BrFN2O/c12-7-3-1-4-8(10(7)13)15-11(16)9-5-2-6-14-9/h1,3,8-9,14H,2,4-6H2,(H,15,16). The molecular formula is C11H14BrFN2O. The molecular weight excluding hydrogens is 275 g/mol. The average molecular weight is 289 g/mol. The van der Waals surface area contributed by atoms with E-state index >= 15 is 0 Å². The van der Waals surface area contributed by atoms with Crippen molar-refractivity contribution in [1.29, 1.82) is 0 Å². The van der Waals surface area contributed by atoms with Crippen LogP contribution >= 0.6 is 15.9 Å². The molecule has 88 valence electrons. The molecule has 2 unspecified atom stereocenters. The molecule has 2 aliphatic rings. The minimum absolute atomic E-state index is 0.103. The fourth-order valence-corrected chi connectivity index (χ4v) is 2.42. The normalized spacial score (nSPS) is 29.6. The Bertz CT molecular complexity index is 348. The van der Waals surface area contributed by atoms with Crippen LogP contribution in [0.4, 0.5) is 4.39 Å². The fraction of sp³-hybridized carbons (Fsp3) is 0.545. The van der Waals surface area contributed by atoms with Crippen LogP contribution in [-0.4, -0.2) is 24.5 Å². The number of halogens is 2. The van der Waals surface area contributed by atoms with Crippen molar-refractivity contribution < 1.29 is 9.18 Å². The molecule has 0 saturated carbocycles. The number of hydrogen-bond donors (Lipinski definition) is 2. The molecule has 3 nitrogen and oxygen atoms in total. The van der Waals surface area contributed by atoms with Crippen molar-refractivity contribution in [2.75, 3.05) is 6.54 Å². The van der Waals surface area contributed by atoms with Gasteiger partial charge in [-0.1, -0.05) is 6.08 Å². The van der Waals surface area contributed by atoms with Crippen LogP contribution in [0.1, 0.15) is 19.3 Å². The summed E-state index contributed by atoms with van der Waals surface area (Å²) in [5, 5.41) is 5.82. The third-order valence-electron chi connectivity index (χ3n) is 2.86. The van der Waals surface area contributed by atoms with Crippen LogP contribution in [0.3, 0.4) is 0 Å². The summed E-state index contributed by atoms with van der Waals surface area (Å²) < 4.78 is 14.1. The van der Waals surface area contributed by atoms with Gasteiger partial charge < -0.3 is 10.6 Å². The Morgan fingerprint density at radius 1 is 1.62 bits per heavy atom. The molecule has 16 heavy (non-hydrogen) atoms. The number of hydrogen-bond acceptors (Lipinski definition) is 2. The highest BCUT2D eigenvalue weighted by molar-refractivity contribution is 9.11. The van der Waals surface area contributed by atoms with Crippen molar-refractivity contribution in [1.82, 2.24) is 10.6 Å². The molecule has 1 aliphatic carbocycles. The lowest BCUT2D eigenvalue weighted by Gasteiger charge is -2.21. The van der Waals surface area contributed by atoms with Crippen LogP contribution in [0.15, 0.2) is 22.5 Å². The summed E-state index contributed by atoms with van der Waals surface area (Å²) in [5.41, 5.74) is 0. The summed E-state index contributed by atoms with van der Waals surface area (Å²) in [7, 11) is 0. The zero-order chi connectivity index (χ0) is 11.5. The van der Waals surface area contributed by atoms with Gasteiger partial charge in [0.15, 0.2) is 0 Å². The van der Waals surface area contributed by atoms with Gasteiger partial charge in [-0.3, -0.25) is 4.79 Å². The Labute approximate surface area is 102 Å². The molecule has 0 aromatic rings. The first-order valence-corrected chi connectivity index (χ1v) is 6.23. The van der Waals surface area contributed by atoms with Gasteiger partial charge in [-0.15, -0.1) is 0 Å². The molecule has 0 spiro atoms. The third kappa shape index (κ3) is 2.52. The van der Waals surface area contributed by atoms with Gasteiger partial charge in [0.05, 0.1) is 16.6 Å². The highest BCUT2D eigenvalue weighted by Gasteiger charge is 2.27. The molecule has 1 fully saturated rings. The number of nitrogens with one attached hydrogen (secondary N) is 2. The lowest BCUT2D eigenvalue weighted by molar-refractivity contribution is -0.123. The maximum atomic E-state index is 13.6. The van der Waals surface area contributed by atoms with Gasteiger partial charge in [-0.2, -0.15) is 0 Å². The van der Waals surface area contributed by atoms with Gasteiger partial charge in [0.2, 0.25) is 5.91 Å². The largest absolute Gasteiger partial charge is 0.345 e. The van der Waals surface area contributed by atoms with Crippen LogP contribution in [-0.2, 0) is 4.79 Å². The second-order valence-corrected chi connectivity index (χ2v) is 4.90. The minimum atomic E-state index is -0.519. The van der Waals surface area contributed by atoms with E-state index < -0.39 is 6.04 Å². The Hall–Kier alpha value is -0.680. The summed E-state index contributed by atoms with van der Waals surface area (Å²) >= 11 is 3.12. The molecule has 2 rings (SSSR count). The number of allylic oxidation sites excluding steroid dienone is 2. The van der Waals surface area contributed by atoms with E-state index in [9.17, 15) is 9.18 Å². The molecule has 1 aliphatic heterocycles. The van der Waals surface area contributed by atoms with E-state index in [4.69, 9.17) is 0 Å². The van der Waals surface area contributed by atoms with E-state index in [0.717, 1.165) is 19.4 Å². The lowest BCUT2D eigenvalue weighted by atomic mass is 10.1. The van der Waals surface area contributed by atoms with Crippen LogP contribution in [0.2, 0.25) is 0 Å². The average Bonchev–Trinajstić information content (AvgIpc) is 2.78. The highest BCUT2D eigenvalue weighted by atomic mass is 79.9. The van der Waals surface area contributed by atoms with Gasteiger partial charge in [-0.25, -0.2) is 4.39 Å². The summed E-state index contributed by atoms with van der Waals surface area (Å²) in [4.78, 5) is 11.8. The Kier molecular flexibility index (Phi) is 3.76. The molecule has 0 aromatic carbocycles. The lowest BCUT2D eigenvalue weighted by Crippen LogP contribution is -2.45. The predicted octanol–water partition coefficient (Wildman–Crippen LogP) is 1.76. The number of rotatable bonds is 2. The third-order valence-corrected chi connectivity index (χ3v) is 3.51. The van der Waals surface area contributed by atoms with E-state index in [1.807, 2.05) is 6.08 Å². The van der Waals surface area contributed by atoms with E-state index in [1.165, 1.54) is 0 Å². The molecule has 2 atom stereocenters. The maximum absolute atomic E-state index is 13.6. The van der Waals surface area contributed by atoms with Crippen molar-refractivity contribution in [3.63, 3.8) is 0 Å². The molecule has 2 N–H and O–H groups in total. The summed E-state index contributed by atoms with van der Waals surface area (Å²) in [6, 6.07) is -0.674. The smallest absolute Gasteiger partial charge is 0.237 e. The summed E-state index contributed by atoms with van der Waals surface area (Å²) in [5.74, 6) is -0.401. The van der Waals surface area contributed by atoms with Crippen LogP contribution in [0.25, 0.3) is 0 Å². The predicted molar refractivity (Wildman–Crippen MR) is 63.8 cm³/mol. The van der Waals surface area contributed by atoms with Crippen molar-refractivity contribution >= 4 is 21.8 Å². The fourth-order valence-electron chi connectivity index (χ4n) is 1.96. The van der Waals surface area contributed by atoms with Crippen LogP contribution < -0.4 is 10.6 Å². The van der Waals surface area contributed by atoms with E-state index in [-0.39, 0.29) is 17.8 Å². The maximum Gasteiger partial charge on any atom is 0.237 e. The monoisotopic (exact) mass is 288 g/mol. The van der Waals surface area contributed by atoms with Gasteiger partial charge in [-0.05, 0) is 47.8 Å². The Morgan fingerprint density at radius 3 is 3.12 bits per heavy atom. The Morgan fingerprint density at radius 2 is 2.44 bits per heavy atom. The number of amides is 1. The van der Waals surface area contributed by atoms with Gasteiger partial charge >= 0.3 is 0 Å². The Balaban J connectivity index is 1.94. The van der Waals surface area contributed by atoms with E-state index in [0.29, 0.717) is 10.9 Å². The van der Waals surface area contributed by atoms with Gasteiger partial charge in [0.1, 0.15) is 5.83 Å². The minimum Gasteiger partial charge on any atom is -0.345 e. The zero-order valence-corrected chi connectivity index (χ0v) is 10.4. The van der Waals surface area contributed by atoms with Gasteiger partial charge in [0, 0.05) is 0 Å². The SMILES string of the molecule is O=C(NC1CC=CC(Br)=C1F)C1CCCN1. The number of carbonyl (C=O) groups excluding carboxylic acids is 1. The first-order chi connectivity index (χ1) is 7.68. The molecule has 1 heterocycles. The van der Waals surface area contributed by atoms with Gasteiger partial charge in [0.25, 0.3) is 0 Å². The first-order valence-electron chi connectivity index (χ1n) is 5.44. The van der Waals surface area contributed by atoms with Crippen molar-refractivity contribution in [3.8, 4) is 0 Å². The molecule has 5 heteroatoms. The van der Waals surface area contributed by atoms with Crippen molar-refractivity contribution in [3.05, 3.63) is 22.5 Å². The second kappa shape index (κ2) is 5.10. The van der Waals surface area contributed by atoms with E-state index in [2.05, 4.69) is 26.6 Å². The molecule has 0 aromatic heterocycles. The molecule has 1 saturated heterocycles. The topological polar surface area (TPSA) is 41.1 Å². The summed E-state index contributed by atoms with van der Waals surface area (Å²) in [6.07, 6.45) is 5.87. The first kappa shape index (κ1) is 11.8. The van der Waals surface area contributed by atoms with Crippen molar-refractivity contribution in [2.45, 2.75) is 31.3 Å².